The Labute approximate surface area is 175 Å². The van der Waals surface area contributed by atoms with Gasteiger partial charge in [0, 0.05) is 49.7 Å². The molecule has 2 aliphatic rings. The Morgan fingerprint density at radius 2 is 1.93 bits per heavy atom. The van der Waals surface area contributed by atoms with E-state index in [1.807, 2.05) is 24.3 Å². The topological polar surface area (TPSA) is 75.4 Å². The lowest BCUT2D eigenvalue weighted by Gasteiger charge is -2.36. The summed E-state index contributed by atoms with van der Waals surface area (Å²) in [7, 11) is 0. The number of carbonyl (C=O) groups is 1. The van der Waals surface area contributed by atoms with Crippen LogP contribution >= 0.6 is 15.9 Å². The van der Waals surface area contributed by atoms with Crippen molar-refractivity contribution < 1.29 is 23.8 Å². The highest BCUT2D eigenvalue weighted by atomic mass is 79.9. The molecule has 0 radical (unpaired) electrons. The summed E-state index contributed by atoms with van der Waals surface area (Å²) in [5, 5.41) is 9.94. The number of anilines is 1. The summed E-state index contributed by atoms with van der Waals surface area (Å²) in [4.78, 5) is 15.9. The largest absolute Gasteiger partial charge is 0.475 e. The van der Waals surface area contributed by atoms with Gasteiger partial charge in [0.1, 0.15) is 5.58 Å². The molecule has 1 aromatic heterocycles. The number of carboxylic acid groups (broad SMARTS) is 1. The number of halogens is 1. The first kappa shape index (κ1) is 18.3. The third-order valence-electron chi connectivity index (χ3n) is 5.41. The highest BCUT2D eigenvalue weighted by Crippen LogP contribution is 2.38. The van der Waals surface area contributed by atoms with Gasteiger partial charge in [-0.2, -0.15) is 0 Å². The summed E-state index contributed by atoms with van der Waals surface area (Å²) in [6, 6.07) is 11.4. The van der Waals surface area contributed by atoms with E-state index in [9.17, 15) is 4.79 Å². The van der Waals surface area contributed by atoms with Crippen molar-refractivity contribution >= 4 is 38.6 Å². The monoisotopic (exact) mass is 458 g/mol. The molecule has 0 aliphatic carbocycles. The number of fused-ring (bicyclic) bond motifs is 2. The van der Waals surface area contributed by atoms with E-state index in [1.54, 1.807) is 6.07 Å². The van der Waals surface area contributed by atoms with Crippen LogP contribution in [0, 0.1) is 0 Å². The predicted molar refractivity (Wildman–Crippen MR) is 111 cm³/mol. The number of piperazine rings is 1. The molecule has 1 fully saturated rings. The van der Waals surface area contributed by atoms with Crippen molar-refractivity contribution in [3.63, 3.8) is 0 Å². The number of ether oxygens (including phenoxy) is 2. The Hall–Kier alpha value is -2.71. The van der Waals surface area contributed by atoms with Gasteiger partial charge in [-0.05, 0) is 34.1 Å². The van der Waals surface area contributed by atoms with Gasteiger partial charge in [0.15, 0.2) is 11.5 Å². The zero-order valence-corrected chi connectivity index (χ0v) is 17.1. The van der Waals surface area contributed by atoms with E-state index in [-0.39, 0.29) is 12.6 Å². The zero-order chi connectivity index (χ0) is 20.0. The van der Waals surface area contributed by atoms with E-state index in [1.165, 1.54) is 0 Å². The van der Waals surface area contributed by atoms with Gasteiger partial charge in [-0.1, -0.05) is 12.1 Å². The molecule has 2 aliphatic heterocycles. The molecule has 0 amide bonds. The van der Waals surface area contributed by atoms with Crippen molar-refractivity contribution in [3.05, 3.63) is 52.2 Å². The van der Waals surface area contributed by atoms with Crippen LogP contribution in [0.5, 0.6) is 11.5 Å². The number of hydrogen-bond donors (Lipinski definition) is 1. The van der Waals surface area contributed by atoms with Crippen LogP contribution in [0.1, 0.15) is 16.1 Å². The Kier molecular flexibility index (Phi) is 4.60. The molecule has 1 N–H and O–H groups in total. The molecular formula is C21H19BrN2O5. The summed E-state index contributed by atoms with van der Waals surface area (Å²) < 4.78 is 17.4. The van der Waals surface area contributed by atoms with Gasteiger partial charge >= 0.3 is 5.97 Å². The van der Waals surface area contributed by atoms with E-state index in [0.717, 1.165) is 65.3 Å². The maximum atomic E-state index is 11.2. The van der Waals surface area contributed by atoms with Gasteiger partial charge < -0.3 is 23.9 Å². The third-order valence-corrected chi connectivity index (χ3v) is 6.24. The minimum absolute atomic E-state index is 0.0516. The number of carboxylic acids is 1. The third kappa shape index (κ3) is 3.32. The van der Waals surface area contributed by atoms with Crippen LogP contribution in [0.2, 0.25) is 0 Å². The van der Waals surface area contributed by atoms with Crippen molar-refractivity contribution in [3.8, 4) is 11.5 Å². The van der Waals surface area contributed by atoms with E-state index in [4.69, 9.17) is 19.0 Å². The quantitative estimate of drug-likeness (QED) is 0.634. The standard InChI is InChI=1S/C21H19BrN2O5/c22-19-14-10-18(21(25)26)29-16(14)5-4-15(19)24-8-6-23(7-9-24)11-13-2-1-3-17-20(13)28-12-27-17/h1-5,10H,6-9,11-12H2,(H,25,26). The molecule has 7 nitrogen and oxygen atoms in total. The van der Waals surface area contributed by atoms with Crippen molar-refractivity contribution in [2.75, 3.05) is 37.9 Å². The predicted octanol–water partition coefficient (Wildman–Crippen LogP) is 3.94. The molecule has 0 saturated carbocycles. The molecule has 2 aromatic carbocycles. The van der Waals surface area contributed by atoms with Gasteiger partial charge in [0.2, 0.25) is 12.6 Å². The minimum Gasteiger partial charge on any atom is -0.475 e. The first-order chi connectivity index (χ1) is 14.1. The molecule has 29 heavy (non-hydrogen) atoms. The second kappa shape index (κ2) is 7.27. The van der Waals surface area contributed by atoms with Crippen molar-refractivity contribution in [2.45, 2.75) is 6.54 Å². The molecule has 5 rings (SSSR count). The number of furan rings is 1. The number of aromatic carboxylic acids is 1. The van der Waals surface area contributed by atoms with E-state index >= 15 is 0 Å². The van der Waals surface area contributed by atoms with E-state index < -0.39 is 5.97 Å². The fraction of sp³-hybridized carbons (Fsp3) is 0.286. The summed E-state index contributed by atoms with van der Waals surface area (Å²) in [6.07, 6.45) is 0. The van der Waals surface area contributed by atoms with Crippen LogP contribution in [0.25, 0.3) is 11.0 Å². The second-order valence-corrected chi connectivity index (χ2v) is 7.93. The molecular weight excluding hydrogens is 440 g/mol. The molecule has 150 valence electrons. The first-order valence-corrected chi connectivity index (χ1v) is 10.2. The van der Waals surface area contributed by atoms with Gasteiger partial charge in [-0.3, -0.25) is 4.90 Å². The van der Waals surface area contributed by atoms with Crippen molar-refractivity contribution in [1.29, 1.82) is 0 Å². The molecule has 0 spiro atoms. The average Bonchev–Trinajstić information content (AvgIpc) is 3.37. The molecule has 3 heterocycles. The maximum absolute atomic E-state index is 11.2. The molecule has 0 bridgehead atoms. The number of benzene rings is 2. The molecule has 8 heteroatoms. The number of nitrogens with zero attached hydrogens (tertiary/aromatic N) is 2. The number of hydrogen-bond acceptors (Lipinski definition) is 6. The fourth-order valence-electron chi connectivity index (χ4n) is 3.92. The lowest BCUT2D eigenvalue weighted by Crippen LogP contribution is -2.46. The Balaban J connectivity index is 1.30. The molecule has 3 aromatic rings. The Bertz CT molecular complexity index is 1090. The zero-order valence-electron chi connectivity index (χ0n) is 15.6. The fourth-order valence-corrected chi connectivity index (χ4v) is 4.61. The van der Waals surface area contributed by atoms with Crippen LogP contribution in [0.3, 0.4) is 0 Å². The SMILES string of the molecule is O=C(O)c1cc2c(Br)c(N3CCN(Cc4cccc5c4OCO5)CC3)ccc2o1. The van der Waals surface area contributed by atoms with Gasteiger partial charge in [0.05, 0.1) is 10.2 Å². The van der Waals surface area contributed by atoms with Crippen molar-refractivity contribution in [2.24, 2.45) is 0 Å². The minimum atomic E-state index is -1.06. The van der Waals surface area contributed by atoms with Gasteiger partial charge in [0.25, 0.3) is 0 Å². The normalized spacial score (nSPS) is 16.5. The summed E-state index contributed by atoms with van der Waals surface area (Å²) in [6.45, 7) is 4.69. The van der Waals surface area contributed by atoms with Gasteiger partial charge in [-0.25, -0.2) is 4.79 Å². The smallest absolute Gasteiger partial charge is 0.371 e. The second-order valence-electron chi connectivity index (χ2n) is 7.14. The van der Waals surface area contributed by atoms with Crippen LogP contribution in [0.4, 0.5) is 5.69 Å². The van der Waals surface area contributed by atoms with E-state index in [0.29, 0.717) is 5.58 Å². The van der Waals surface area contributed by atoms with Crippen LogP contribution in [-0.2, 0) is 6.54 Å². The Morgan fingerprint density at radius 3 is 2.72 bits per heavy atom. The van der Waals surface area contributed by atoms with Crippen LogP contribution < -0.4 is 14.4 Å². The summed E-state index contributed by atoms with van der Waals surface area (Å²) >= 11 is 3.64. The Morgan fingerprint density at radius 1 is 1.10 bits per heavy atom. The van der Waals surface area contributed by atoms with Crippen LogP contribution in [0.15, 0.2) is 45.3 Å². The highest BCUT2D eigenvalue weighted by Gasteiger charge is 2.24. The lowest BCUT2D eigenvalue weighted by atomic mass is 10.1. The van der Waals surface area contributed by atoms with Crippen LogP contribution in [-0.4, -0.2) is 48.9 Å². The van der Waals surface area contributed by atoms with Crippen molar-refractivity contribution in [1.82, 2.24) is 4.90 Å². The molecule has 1 saturated heterocycles. The van der Waals surface area contributed by atoms with Gasteiger partial charge in [-0.15, -0.1) is 0 Å². The first-order valence-electron chi connectivity index (χ1n) is 9.40. The summed E-state index contributed by atoms with van der Waals surface area (Å²) in [5.41, 5.74) is 2.76. The molecule has 0 unspecified atom stereocenters. The maximum Gasteiger partial charge on any atom is 0.371 e. The number of rotatable bonds is 4. The highest BCUT2D eigenvalue weighted by molar-refractivity contribution is 9.10. The molecule has 0 atom stereocenters. The average molecular weight is 459 g/mol. The number of para-hydroxylation sites is 1. The van der Waals surface area contributed by atoms with E-state index in [2.05, 4.69) is 31.8 Å². The lowest BCUT2D eigenvalue weighted by molar-refractivity contribution is 0.0665. The summed E-state index contributed by atoms with van der Waals surface area (Å²) in [5.74, 6) is 0.561.